The molecular formula is C22H22ClN3O3S. The van der Waals surface area contributed by atoms with Crippen molar-refractivity contribution in [2.24, 2.45) is 0 Å². The molecule has 0 aliphatic carbocycles. The first-order chi connectivity index (χ1) is 14.6. The molecule has 1 aromatic heterocycles. The summed E-state index contributed by atoms with van der Waals surface area (Å²) in [7, 11) is 1.56. The molecule has 0 fully saturated rings. The third kappa shape index (κ3) is 4.37. The second-order valence-electron chi connectivity index (χ2n) is 6.79. The van der Waals surface area contributed by atoms with Gasteiger partial charge < -0.3 is 19.7 Å². The smallest absolute Gasteiger partial charge is 0.322 e. The second kappa shape index (κ2) is 8.93. The first-order valence-corrected chi connectivity index (χ1v) is 10.9. The van der Waals surface area contributed by atoms with Gasteiger partial charge >= 0.3 is 6.03 Å². The first-order valence-electron chi connectivity index (χ1n) is 9.68. The number of carbonyl (C=O) groups is 1. The van der Waals surface area contributed by atoms with Crippen LogP contribution in [0.5, 0.6) is 11.5 Å². The van der Waals surface area contributed by atoms with Crippen molar-refractivity contribution in [1.29, 1.82) is 0 Å². The lowest BCUT2D eigenvalue weighted by Gasteiger charge is -2.26. The fourth-order valence-corrected chi connectivity index (χ4v) is 4.63. The fraction of sp³-hybridized carbons (Fsp3) is 0.273. The SMILES string of the molecule is CCOc1ccc(-c2nc3c(s2)CN(C(=O)Nc2cc(Cl)ccc2OC)CC3)cc1. The molecule has 6 nitrogen and oxygen atoms in total. The van der Waals surface area contributed by atoms with Crippen LogP contribution in [-0.2, 0) is 13.0 Å². The summed E-state index contributed by atoms with van der Waals surface area (Å²) in [5.41, 5.74) is 2.67. The molecule has 3 aromatic rings. The molecular weight excluding hydrogens is 422 g/mol. The van der Waals surface area contributed by atoms with Crippen molar-refractivity contribution in [2.75, 3.05) is 25.6 Å². The summed E-state index contributed by atoms with van der Waals surface area (Å²) >= 11 is 7.69. The number of thiazole rings is 1. The summed E-state index contributed by atoms with van der Waals surface area (Å²) in [4.78, 5) is 20.5. The lowest BCUT2D eigenvalue weighted by Crippen LogP contribution is -2.38. The highest BCUT2D eigenvalue weighted by Crippen LogP contribution is 2.33. The standard InChI is InChI=1S/C22H22ClN3O3S/c1-3-29-16-7-4-14(5-8-16)21-24-17-10-11-26(13-20(17)30-21)22(27)25-18-12-15(23)6-9-19(18)28-2/h4-9,12H,3,10-11,13H2,1-2H3,(H,25,27). The quantitative estimate of drug-likeness (QED) is 0.568. The van der Waals surface area contributed by atoms with E-state index >= 15 is 0 Å². The van der Waals surface area contributed by atoms with Crippen LogP contribution in [0.2, 0.25) is 5.02 Å². The van der Waals surface area contributed by atoms with E-state index in [1.54, 1.807) is 41.5 Å². The van der Waals surface area contributed by atoms with Crippen molar-refractivity contribution in [3.8, 4) is 22.1 Å². The van der Waals surface area contributed by atoms with E-state index < -0.39 is 0 Å². The Morgan fingerprint density at radius 1 is 1.27 bits per heavy atom. The highest BCUT2D eigenvalue weighted by Gasteiger charge is 2.25. The number of urea groups is 1. The molecule has 30 heavy (non-hydrogen) atoms. The molecule has 1 N–H and O–H groups in total. The Bertz CT molecular complexity index is 1050. The third-order valence-electron chi connectivity index (χ3n) is 4.83. The van der Waals surface area contributed by atoms with Gasteiger partial charge in [0.15, 0.2) is 0 Å². The van der Waals surface area contributed by atoms with Gasteiger partial charge in [-0.05, 0) is 49.4 Å². The highest BCUT2D eigenvalue weighted by molar-refractivity contribution is 7.15. The molecule has 0 unspecified atom stereocenters. The van der Waals surface area contributed by atoms with Crippen LogP contribution >= 0.6 is 22.9 Å². The zero-order chi connectivity index (χ0) is 21.1. The molecule has 2 heterocycles. The Morgan fingerprint density at radius 2 is 2.07 bits per heavy atom. The summed E-state index contributed by atoms with van der Waals surface area (Å²) < 4.78 is 10.8. The van der Waals surface area contributed by atoms with E-state index in [1.165, 1.54) is 0 Å². The summed E-state index contributed by atoms with van der Waals surface area (Å²) in [5.74, 6) is 1.42. The molecule has 2 aromatic carbocycles. The van der Waals surface area contributed by atoms with Crippen LogP contribution in [-0.4, -0.2) is 36.2 Å². The Labute approximate surface area is 184 Å². The van der Waals surface area contributed by atoms with Gasteiger partial charge in [0.05, 0.1) is 31.6 Å². The Balaban J connectivity index is 1.47. The molecule has 156 valence electrons. The van der Waals surface area contributed by atoms with Crippen LogP contribution in [0.15, 0.2) is 42.5 Å². The molecule has 1 aliphatic heterocycles. The molecule has 0 spiro atoms. The summed E-state index contributed by atoms with van der Waals surface area (Å²) in [5, 5.41) is 4.40. The van der Waals surface area contributed by atoms with Crippen LogP contribution in [0.4, 0.5) is 10.5 Å². The van der Waals surface area contributed by atoms with Crippen LogP contribution in [0.1, 0.15) is 17.5 Å². The summed E-state index contributed by atoms with van der Waals surface area (Å²) in [6.07, 6.45) is 0.725. The van der Waals surface area contributed by atoms with Crippen molar-refractivity contribution in [3.63, 3.8) is 0 Å². The van der Waals surface area contributed by atoms with E-state index in [0.717, 1.165) is 33.3 Å². The summed E-state index contributed by atoms with van der Waals surface area (Å²) in [6, 6.07) is 12.9. The molecule has 0 bridgehead atoms. The predicted molar refractivity (Wildman–Crippen MR) is 120 cm³/mol. The number of halogens is 1. The van der Waals surface area contributed by atoms with Crippen LogP contribution in [0, 0.1) is 0 Å². The molecule has 0 saturated carbocycles. The molecule has 8 heteroatoms. The van der Waals surface area contributed by atoms with E-state index in [9.17, 15) is 4.79 Å². The zero-order valence-corrected chi connectivity index (χ0v) is 18.3. The predicted octanol–water partition coefficient (Wildman–Crippen LogP) is 5.46. The number of nitrogens with one attached hydrogen (secondary N) is 1. The lowest BCUT2D eigenvalue weighted by molar-refractivity contribution is 0.206. The number of benzene rings is 2. The molecule has 0 radical (unpaired) electrons. The average molecular weight is 444 g/mol. The van der Waals surface area contributed by atoms with Crippen molar-refractivity contribution < 1.29 is 14.3 Å². The van der Waals surface area contributed by atoms with Crippen LogP contribution < -0.4 is 14.8 Å². The number of ether oxygens (including phenoxy) is 2. The largest absolute Gasteiger partial charge is 0.495 e. The van der Waals surface area contributed by atoms with Gasteiger partial charge in [0, 0.05) is 28.4 Å². The third-order valence-corrected chi connectivity index (χ3v) is 6.20. The maximum Gasteiger partial charge on any atom is 0.322 e. The van der Waals surface area contributed by atoms with E-state index in [1.807, 2.05) is 31.2 Å². The minimum Gasteiger partial charge on any atom is -0.495 e. The highest BCUT2D eigenvalue weighted by atomic mass is 35.5. The van der Waals surface area contributed by atoms with Gasteiger partial charge in [0.2, 0.25) is 0 Å². The van der Waals surface area contributed by atoms with E-state index in [-0.39, 0.29) is 6.03 Å². The Morgan fingerprint density at radius 3 is 2.80 bits per heavy atom. The molecule has 4 rings (SSSR count). The van der Waals surface area contributed by atoms with Crippen molar-refractivity contribution in [3.05, 3.63) is 58.1 Å². The number of hydrogen-bond donors (Lipinski definition) is 1. The molecule has 0 saturated heterocycles. The number of anilines is 1. The maximum absolute atomic E-state index is 12.8. The molecule has 0 atom stereocenters. The monoisotopic (exact) mass is 443 g/mol. The Hall–Kier alpha value is -2.77. The van der Waals surface area contributed by atoms with Crippen LogP contribution in [0.25, 0.3) is 10.6 Å². The number of nitrogens with zero attached hydrogens (tertiary/aromatic N) is 2. The number of hydrogen-bond acceptors (Lipinski definition) is 5. The Kier molecular flexibility index (Phi) is 6.11. The fourth-order valence-electron chi connectivity index (χ4n) is 3.32. The number of methoxy groups -OCH3 is 1. The first kappa shape index (κ1) is 20.5. The maximum atomic E-state index is 12.8. The normalized spacial score (nSPS) is 13.0. The van der Waals surface area contributed by atoms with Crippen LogP contribution in [0.3, 0.4) is 0 Å². The summed E-state index contributed by atoms with van der Waals surface area (Å²) in [6.45, 7) is 3.74. The average Bonchev–Trinajstić information content (AvgIpc) is 3.18. The van der Waals surface area contributed by atoms with Gasteiger partial charge in [-0.2, -0.15) is 0 Å². The zero-order valence-electron chi connectivity index (χ0n) is 16.8. The van der Waals surface area contributed by atoms with Gasteiger partial charge in [0.1, 0.15) is 16.5 Å². The number of fused-ring (bicyclic) bond motifs is 1. The van der Waals surface area contributed by atoms with Crippen molar-refractivity contribution in [2.45, 2.75) is 19.9 Å². The van der Waals surface area contributed by atoms with E-state index in [2.05, 4.69) is 5.32 Å². The topological polar surface area (TPSA) is 63.7 Å². The van der Waals surface area contributed by atoms with Gasteiger partial charge in [0.25, 0.3) is 0 Å². The van der Waals surface area contributed by atoms with Gasteiger partial charge in [-0.15, -0.1) is 11.3 Å². The van der Waals surface area contributed by atoms with Crippen molar-refractivity contribution >= 4 is 34.7 Å². The van der Waals surface area contributed by atoms with E-state index in [4.69, 9.17) is 26.1 Å². The number of aromatic nitrogens is 1. The van der Waals surface area contributed by atoms with Gasteiger partial charge in [-0.25, -0.2) is 9.78 Å². The lowest BCUT2D eigenvalue weighted by atomic mass is 10.2. The number of amides is 2. The minimum atomic E-state index is -0.183. The number of carbonyl (C=O) groups excluding carboxylic acids is 1. The minimum absolute atomic E-state index is 0.183. The molecule has 2 amide bonds. The molecule has 1 aliphatic rings. The van der Waals surface area contributed by atoms with Gasteiger partial charge in [-0.3, -0.25) is 0 Å². The van der Waals surface area contributed by atoms with E-state index in [0.29, 0.717) is 36.2 Å². The van der Waals surface area contributed by atoms with Gasteiger partial charge in [-0.1, -0.05) is 11.6 Å². The second-order valence-corrected chi connectivity index (χ2v) is 8.31. The number of rotatable bonds is 5. The van der Waals surface area contributed by atoms with Crippen molar-refractivity contribution in [1.82, 2.24) is 9.88 Å².